The minimum Gasteiger partial charge on any atom is -0.496 e. The van der Waals surface area contributed by atoms with Crippen LogP contribution >= 0.6 is 11.3 Å². The zero-order valence-electron chi connectivity index (χ0n) is 35.9. The van der Waals surface area contributed by atoms with E-state index in [2.05, 4.69) is 15.4 Å². The zero-order valence-corrected chi connectivity index (χ0v) is 37.5. The maximum absolute atomic E-state index is 14.9. The maximum atomic E-state index is 14.9. The molecular formula is C44H52F3N7O7S2. The number of anilines is 1. The Bertz CT molecular complexity index is 2530. The molecule has 7 rings (SSSR count). The third kappa shape index (κ3) is 9.79. The average molecular weight is 912 g/mol. The van der Waals surface area contributed by atoms with Crippen LogP contribution in [0.25, 0.3) is 21.6 Å². The van der Waals surface area contributed by atoms with Crippen molar-refractivity contribution in [2.45, 2.75) is 102 Å². The number of pyridine rings is 1. The molecule has 4 aromatic rings. The lowest BCUT2D eigenvalue weighted by Crippen LogP contribution is -2.58. The van der Waals surface area contributed by atoms with Gasteiger partial charge in [0.2, 0.25) is 11.8 Å². The molecule has 2 fully saturated rings. The van der Waals surface area contributed by atoms with E-state index in [9.17, 15) is 36.0 Å². The smallest absolute Gasteiger partial charge is 0.416 e. The molecule has 1 unspecified atom stereocenters. The fraction of sp³-hybridized carbons (Fsp3) is 0.477. The number of hydrogen-bond donors (Lipinski definition) is 3. The van der Waals surface area contributed by atoms with E-state index in [0.29, 0.717) is 58.8 Å². The first-order valence-corrected chi connectivity index (χ1v) is 23.2. The molecule has 14 nitrogen and oxygen atoms in total. The van der Waals surface area contributed by atoms with Crippen molar-refractivity contribution in [3.05, 3.63) is 76.8 Å². The highest BCUT2D eigenvalue weighted by molar-refractivity contribution is 7.87. The van der Waals surface area contributed by atoms with Gasteiger partial charge >= 0.3 is 16.4 Å². The zero-order chi connectivity index (χ0) is 45.4. The Labute approximate surface area is 368 Å². The second-order valence-corrected chi connectivity index (χ2v) is 19.6. The molecule has 1 saturated heterocycles. The summed E-state index contributed by atoms with van der Waals surface area (Å²) in [4.78, 5) is 54.6. The van der Waals surface area contributed by atoms with E-state index in [-0.39, 0.29) is 37.4 Å². The molecule has 3 N–H and O–H groups in total. The molecule has 0 bridgehead atoms. The molecule has 2 aromatic heterocycles. The summed E-state index contributed by atoms with van der Waals surface area (Å²) in [5, 5.41) is 9.17. The fourth-order valence-electron chi connectivity index (χ4n) is 8.11. The number of thiazole rings is 1. The van der Waals surface area contributed by atoms with Crippen molar-refractivity contribution in [3.63, 3.8) is 0 Å². The van der Waals surface area contributed by atoms with Crippen LogP contribution in [0.15, 0.2) is 60.0 Å². The van der Waals surface area contributed by atoms with Crippen LogP contribution in [0, 0.1) is 12.8 Å². The van der Waals surface area contributed by atoms with Crippen molar-refractivity contribution in [1.82, 2.24) is 29.2 Å². The Hall–Kier alpha value is -5.27. The van der Waals surface area contributed by atoms with Gasteiger partial charge in [-0.25, -0.2) is 14.7 Å². The first-order valence-electron chi connectivity index (χ1n) is 20.9. The molecule has 63 heavy (non-hydrogen) atoms. The number of ether oxygens (including phenoxy) is 2. The number of allylic oxidation sites excluding steroid dienone is 1. The van der Waals surface area contributed by atoms with E-state index in [1.807, 2.05) is 38.3 Å². The predicted octanol–water partition coefficient (Wildman–Crippen LogP) is 6.96. The highest BCUT2D eigenvalue weighted by Crippen LogP contribution is 2.46. The van der Waals surface area contributed by atoms with Crippen molar-refractivity contribution in [2.75, 3.05) is 33.1 Å². The van der Waals surface area contributed by atoms with Gasteiger partial charge in [-0.2, -0.15) is 25.9 Å². The summed E-state index contributed by atoms with van der Waals surface area (Å²) in [6.45, 7) is 5.87. The van der Waals surface area contributed by atoms with Gasteiger partial charge in [0, 0.05) is 54.5 Å². The Morgan fingerprint density at radius 2 is 1.86 bits per heavy atom. The van der Waals surface area contributed by atoms with Gasteiger partial charge in [-0.15, -0.1) is 11.3 Å². The number of fused-ring (bicyclic) bond motifs is 3. The topological polar surface area (TPSA) is 172 Å². The van der Waals surface area contributed by atoms with Crippen molar-refractivity contribution in [2.24, 2.45) is 5.92 Å². The van der Waals surface area contributed by atoms with Crippen molar-refractivity contribution in [1.29, 1.82) is 0 Å². The minimum atomic E-state index is -4.62. The van der Waals surface area contributed by atoms with Crippen LogP contribution < -0.4 is 24.8 Å². The number of amides is 3. The van der Waals surface area contributed by atoms with Crippen LogP contribution in [0.5, 0.6) is 11.5 Å². The summed E-state index contributed by atoms with van der Waals surface area (Å²) in [6, 6.07) is 7.74. The number of methoxy groups -OCH3 is 1. The minimum absolute atomic E-state index is 0.0366. The lowest BCUT2D eigenvalue weighted by atomic mass is 10.0. The highest BCUT2D eigenvalue weighted by Gasteiger charge is 2.61. The molecule has 3 aliphatic rings. The number of nitrogens with one attached hydrogen (secondary N) is 3. The number of hydrogen-bond acceptors (Lipinski definition) is 11. The molecule has 3 amide bonds. The largest absolute Gasteiger partial charge is 0.496 e. The number of carbonyl (C=O) groups excluding carboxylic acids is 3. The fourth-order valence-corrected chi connectivity index (χ4v) is 9.65. The predicted molar refractivity (Wildman–Crippen MR) is 234 cm³/mol. The highest BCUT2D eigenvalue weighted by atomic mass is 32.2. The third-order valence-corrected chi connectivity index (χ3v) is 14.2. The summed E-state index contributed by atoms with van der Waals surface area (Å²) in [5.74, 6) is -1.49. The van der Waals surface area contributed by atoms with Crippen LogP contribution in [0.4, 0.5) is 18.9 Å². The molecule has 0 spiro atoms. The molecule has 1 aliphatic carbocycles. The summed E-state index contributed by atoms with van der Waals surface area (Å²) in [6.07, 6.45) is 1.16. The lowest BCUT2D eigenvalue weighted by molar-refractivity contribution is -0.140. The van der Waals surface area contributed by atoms with Crippen molar-refractivity contribution >= 4 is 55.9 Å². The Morgan fingerprint density at radius 3 is 2.56 bits per heavy atom. The van der Waals surface area contributed by atoms with E-state index >= 15 is 0 Å². The van der Waals surface area contributed by atoms with Gasteiger partial charge in [-0.3, -0.25) is 14.4 Å². The Kier molecular flexibility index (Phi) is 13.1. The first kappa shape index (κ1) is 45.7. The molecule has 2 aromatic carbocycles. The summed E-state index contributed by atoms with van der Waals surface area (Å²) in [5.41, 5.74) is 0.376. The van der Waals surface area contributed by atoms with E-state index in [0.717, 1.165) is 27.7 Å². The van der Waals surface area contributed by atoms with Crippen LogP contribution in [0.3, 0.4) is 0 Å². The molecule has 5 atom stereocenters. The SMILES string of the molecule is COc1ccc2c(O[C@@H]3C[C@H]4C(=O)N[C@]5(C(=O)NS(=O)(=O)N(C)C)CC5/C=C\CCCCC[C@H](Nc5cccc(C(F)(F)F)c5)C(=O)N4C3)cc(-c3nc(C(C)C)cs3)nc2c1C. The van der Waals surface area contributed by atoms with E-state index in [1.54, 1.807) is 25.3 Å². The van der Waals surface area contributed by atoms with Crippen molar-refractivity contribution < 1.29 is 45.4 Å². The standard InChI is InChI=1S/C44H52F3N7O7S2/c1-25(2)34-24-62-40(50-34)33-21-37(31-17-18-36(60-6)26(3)38(31)49-33)61-30-20-35-39(55)51-43(42(57)52-63(58,59)53(4)5)22-28(43)13-10-8-7-9-11-16-32(41(56)54(35)23-30)48-29-15-12-14-27(19-29)44(45,46)47/h10,12-15,17-19,21,24-25,28,30,32,35,48H,7-9,11,16,20,22-23H2,1-6H3,(H,51,55)(H,52,57)/b13-10-/t28?,30-,32+,35+,43-/m1/s1. The summed E-state index contributed by atoms with van der Waals surface area (Å²) >= 11 is 1.44. The summed E-state index contributed by atoms with van der Waals surface area (Å²) < 4.78 is 82.4. The maximum Gasteiger partial charge on any atom is 0.416 e. The van der Waals surface area contributed by atoms with Gasteiger partial charge in [0.15, 0.2) is 0 Å². The van der Waals surface area contributed by atoms with Gasteiger partial charge in [-0.1, -0.05) is 44.9 Å². The van der Waals surface area contributed by atoms with E-state index in [4.69, 9.17) is 19.4 Å². The van der Waals surface area contributed by atoms with E-state index in [1.165, 1.54) is 42.5 Å². The average Bonchev–Trinajstić information content (AvgIpc) is 3.51. The molecular weight excluding hydrogens is 860 g/mol. The van der Waals surface area contributed by atoms with Gasteiger partial charge in [0.1, 0.15) is 45.9 Å². The number of benzene rings is 2. The number of aromatic nitrogens is 2. The molecule has 0 radical (unpaired) electrons. The number of alkyl halides is 3. The molecule has 1 saturated carbocycles. The molecule has 4 heterocycles. The second kappa shape index (κ2) is 18.1. The monoisotopic (exact) mass is 911 g/mol. The van der Waals surface area contributed by atoms with E-state index < -0.39 is 69.3 Å². The Morgan fingerprint density at radius 1 is 1.08 bits per heavy atom. The quantitative estimate of drug-likeness (QED) is 0.141. The van der Waals surface area contributed by atoms with Gasteiger partial charge in [0.05, 0.1) is 30.4 Å². The number of halogens is 3. The van der Waals surface area contributed by atoms with Crippen molar-refractivity contribution in [3.8, 4) is 22.2 Å². The first-order chi connectivity index (χ1) is 29.8. The molecule has 338 valence electrons. The van der Waals surface area contributed by atoms with Crippen LogP contribution in [0.2, 0.25) is 0 Å². The summed E-state index contributed by atoms with van der Waals surface area (Å²) in [7, 11) is -0.130. The Balaban J connectivity index is 1.27. The van der Waals surface area contributed by atoms with Crippen LogP contribution in [0.1, 0.15) is 81.5 Å². The molecule has 19 heteroatoms. The number of aryl methyl sites for hydroxylation is 1. The lowest BCUT2D eigenvalue weighted by Gasteiger charge is -2.30. The van der Waals surface area contributed by atoms with Gasteiger partial charge in [-0.05, 0) is 68.9 Å². The number of carbonyl (C=O) groups is 3. The van der Waals surface area contributed by atoms with Crippen LogP contribution in [-0.2, 0) is 30.8 Å². The third-order valence-electron chi connectivity index (χ3n) is 11.9. The number of rotatable bonds is 10. The van der Waals surface area contributed by atoms with Gasteiger partial charge < -0.3 is 25.0 Å². The molecule has 2 aliphatic heterocycles. The number of nitrogens with zero attached hydrogens (tertiary/aromatic N) is 4. The second-order valence-electron chi connectivity index (χ2n) is 16.8. The van der Waals surface area contributed by atoms with Gasteiger partial charge in [0.25, 0.3) is 5.91 Å². The van der Waals surface area contributed by atoms with Crippen LogP contribution in [-0.4, -0.2) is 96.8 Å². The normalized spacial score (nSPS) is 24.0.